The largest absolute Gasteiger partial charge is 0.338 e. The molecule has 92 valence electrons. The summed E-state index contributed by atoms with van der Waals surface area (Å²) in [5.41, 5.74) is 2.18. The Labute approximate surface area is 108 Å². The molecule has 4 aliphatic carbocycles. The SMILES string of the molecule is c1cc(C[NH2+]C23CC4CC(CC(C4)C2)C3)cs1. The zero-order valence-corrected chi connectivity index (χ0v) is 11.2. The molecule has 0 spiro atoms. The van der Waals surface area contributed by atoms with E-state index in [4.69, 9.17) is 0 Å². The van der Waals surface area contributed by atoms with Crippen molar-refractivity contribution in [1.82, 2.24) is 0 Å². The summed E-state index contributed by atoms with van der Waals surface area (Å²) in [4.78, 5) is 0. The molecule has 1 aromatic heterocycles. The summed E-state index contributed by atoms with van der Waals surface area (Å²) in [6, 6.07) is 2.29. The van der Waals surface area contributed by atoms with Crippen LogP contribution in [0.1, 0.15) is 44.1 Å². The Bertz CT molecular complexity index is 360. The first kappa shape index (κ1) is 10.6. The Balaban J connectivity index is 1.49. The molecule has 4 fully saturated rings. The zero-order valence-electron chi connectivity index (χ0n) is 10.4. The minimum Gasteiger partial charge on any atom is -0.338 e. The third kappa shape index (κ3) is 1.86. The van der Waals surface area contributed by atoms with Crippen molar-refractivity contribution in [1.29, 1.82) is 0 Å². The van der Waals surface area contributed by atoms with E-state index in [0.29, 0.717) is 5.54 Å². The lowest BCUT2D eigenvalue weighted by molar-refractivity contribution is -0.752. The number of thiophene rings is 1. The number of hydrogen-bond donors (Lipinski definition) is 1. The lowest BCUT2D eigenvalue weighted by Gasteiger charge is -2.54. The predicted octanol–water partition coefficient (Wildman–Crippen LogP) is 2.78. The van der Waals surface area contributed by atoms with Crippen LogP contribution in [-0.4, -0.2) is 5.54 Å². The van der Waals surface area contributed by atoms with E-state index in [0.717, 1.165) is 17.8 Å². The smallest absolute Gasteiger partial charge is 0.102 e. The van der Waals surface area contributed by atoms with Crippen LogP contribution >= 0.6 is 11.3 Å². The maximum absolute atomic E-state index is 2.71. The normalized spacial score (nSPS) is 43.2. The molecule has 2 N–H and O–H groups in total. The Hall–Kier alpha value is -0.340. The Morgan fingerprint density at radius 2 is 1.76 bits per heavy atom. The van der Waals surface area contributed by atoms with Gasteiger partial charge >= 0.3 is 0 Å². The van der Waals surface area contributed by atoms with Crippen molar-refractivity contribution in [2.75, 3.05) is 0 Å². The average Bonchev–Trinajstić information content (AvgIpc) is 2.77. The van der Waals surface area contributed by atoms with Crippen molar-refractivity contribution in [2.45, 2.75) is 50.6 Å². The highest BCUT2D eigenvalue weighted by Gasteiger charge is 2.53. The fourth-order valence-corrected chi connectivity index (χ4v) is 5.85. The molecule has 0 aromatic carbocycles. The van der Waals surface area contributed by atoms with Gasteiger partial charge in [-0.2, -0.15) is 11.3 Å². The van der Waals surface area contributed by atoms with Crippen LogP contribution < -0.4 is 5.32 Å². The number of rotatable bonds is 3. The van der Waals surface area contributed by atoms with Gasteiger partial charge in [0.05, 0.1) is 5.54 Å². The molecule has 1 nitrogen and oxygen atoms in total. The molecule has 0 unspecified atom stereocenters. The second kappa shape index (κ2) is 3.83. The third-order valence-electron chi connectivity index (χ3n) is 5.44. The molecule has 4 saturated carbocycles. The Morgan fingerprint density at radius 1 is 1.12 bits per heavy atom. The second-order valence-electron chi connectivity index (χ2n) is 6.82. The summed E-state index contributed by atoms with van der Waals surface area (Å²) in [5.74, 6) is 3.25. The van der Waals surface area contributed by atoms with Gasteiger partial charge in [0.25, 0.3) is 0 Å². The monoisotopic (exact) mass is 248 g/mol. The molecule has 4 aliphatic rings. The average molecular weight is 248 g/mol. The van der Waals surface area contributed by atoms with E-state index in [2.05, 4.69) is 22.1 Å². The Morgan fingerprint density at radius 3 is 2.29 bits per heavy atom. The summed E-state index contributed by atoms with van der Waals surface area (Å²) < 4.78 is 0. The standard InChI is InChI=1S/C15H21NS/c1-2-17-10-11(1)9-16-15-6-12-3-13(7-15)5-14(4-12)8-15/h1-2,10,12-14,16H,3-9H2/p+1. The van der Waals surface area contributed by atoms with Gasteiger partial charge in [0.15, 0.2) is 0 Å². The van der Waals surface area contributed by atoms with E-state index in [1.54, 1.807) is 19.3 Å². The lowest BCUT2D eigenvalue weighted by Crippen LogP contribution is -2.97. The fraction of sp³-hybridized carbons (Fsp3) is 0.733. The molecule has 0 amide bonds. The molecule has 4 bridgehead atoms. The van der Waals surface area contributed by atoms with Gasteiger partial charge in [-0.1, -0.05) is 0 Å². The maximum Gasteiger partial charge on any atom is 0.102 e. The van der Waals surface area contributed by atoms with Crippen molar-refractivity contribution < 1.29 is 5.32 Å². The minimum atomic E-state index is 0.649. The summed E-state index contributed by atoms with van der Waals surface area (Å²) in [6.45, 7) is 1.22. The van der Waals surface area contributed by atoms with Crippen LogP contribution in [0.2, 0.25) is 0 Å². The number of hydrogen-bond acceptors (Lipinski definition) is 1. The van der Waals surface area contributed by atoms with Crippen LogP contribution in [0.5, 0.6) is 0 Å². The lowest BCUT2D eigenvalue weighted by atomic mass is 9.53. The molecule has 0 saturated heterocycles. The van der Waals surface area contributed by atoms with Crippen molar-refractivity contribution >= 4 is 11.3 Å². The predicted molar refractivity (Wildman–Crippen MR) is 70.9 cm³/mol. The number of nitrogens with two attached hydrogens (primary N) is 1. The summed E-state index contributed by atoms with van der Waals surface area (Å²) in [6.07, 6.45) is 9.23. The summed E-state index contributed by atoms with van der Waals surface area (Å²) in [7, 11) is 0. The van der Waals surface area contributed by atoms with Crippen LogP contribution in [-0.2, 0) is 6.54 Å². The minimum absolute atomic E-state index is 0.649. The maximum atomic E-state index is 2.71. The van der Waals surface area contributed by atoms with Gasteiger partial charge in [-0.3, -0.25) is 0 Å². The van der Waals surface area contributed by atoms with E-state index >= 15 is 0 Å². The molecule has 5 rings (SSSR count). The van der Waals surface area contributed by atoms with E-state index in [1.807, 2.05) is 11.3 Å². The molecule has 17 heavy (non-hydrogen) atoms. The highest BCUT2D eigenvalue weighted by atomic mass is 32.1. The van der Waals surface area contributed by atoms with Crippen LogP contribution in [0.3, 0.4) is 0 Å². The summed E-state index contributed by atoms with van der Waals surface area (Å²) >= 11 is 1.84. The molecular formula is C15H22NS+. The number of quaternary nitrogens is 1. The van der Waals surface area contributed by atoms with Crippen molar-refractivity contribution in [3.05, 3.63) is 22.4 Å². The topological polar surface area (TPSA) is 16.6 Å². The van der Waals surface area contributed by atoms with Gasteiger partial charge in [-0.15, -0.1) is 0 Å². The van der Waals surface area contributed by atoms with E-state index in [-0.39, 0.29) is 0 Å². The van der Waals surface area contributed by atoms with E-state index < -0.39 is 0 Å². The second-order valence-corrected chi connectivity index (χ2v) is 7.60. The molecule has 0 atom stereocenters. The molecule has 0 radical (unpaired) electrons. The van der Waals surface area contributed by atoms with Crippen molar-refractivity contribution in [3.63, 3.8) is 0 Å². The molecule has 1 aromatic rings. The molecule has 2 heteroatoms. The van der Waals surface area contributed by atoms with E-state index in [9.17, 15) is 0 Å². The highest BCUT2D eigenvalue weighted by molar-refractivity contribution is 7.07. The highest BCUT2D eigenvalue weighted by Crippen LogP contribution is 2.54. The van der Waals surface area contributed by atoms with Gasteiger partial charge in [0.1, 0.15) is 6.54 Å². The first-order valence-electron chi connectivity index (χ1n) is 7.17. The first-order valence-corrected chi connectivity index (χ1v) is 8.11. The zero-order chi connectivity index (χ0) is 11.3. The van der Waals surface area contributed by atoms with Crippen LogP contribution in [0.25, 0.3) is 0 Å². The van der Waals surface area contributed by atoms with Gasteiger partial charge in [-0.05, 0) is 53.8 Å². The van der Waals surface area contributed by atoms with Gasteiger partial charge < -0.3 is 5.32 Å². The Kier molecular flexibility index (Phi) is 2.38. The quantitative estimate of drug-likeness (QED) is 0.847. The third-order valence-corrected chi connectivity index (χ3v) is 6.17. The van der Waals surface area contributed by atoms with Crippen LogP contribution in [0.15, 0.2) is 16.8 Å². The van der Waals surface area contributed by atoms with Crippen molar-refractivity contribution in [3.8, 4) is 0 Å². The first-order chi connectivity index (χ1) is 8.31. The van der Waals surface area contributed by atoms with Crippen LogP contribution in [0.4, 0.5) is 0 Å². The van der Waals surface area contributed by atoms with Crippen molar-refractivity contribution in [2.24, 2.45) is 17.8 Å². The van der Waals surface area contributed by atoms with Gasteiger partial charge in [-0.25, -0.2) is 0 Å². The van der Waals surface area contributed by atoms with E-state index in [1.165, 1.54) is 31.4 Å². The van der Waals surface area contributed by atoms with Gasteiger partial charge in [0.2, 0.25) is 0 Å². The fourth-order valence-electron chi connectivity index (χ4n) is 5.17. The van der Waals surface area contributed by atoms with Crippen LogP contribution in [0, 0.1) is 17.8 Å². The molecule has 1 heterocycles. The van der Waals surface area contributed by atoms with Gasteiger partial charge in [0, 0.05) is 24.8 Å². The molecular weight excluding hydrogens is 226 g/mol. The molecule has 0 aliphatic heterocycles. The summed E-state index contributed by atoms with van der Waals surface area (Å²) in [5, 5.41) is 7.24.